The molecular weight excluding hydrogens is 839 g/mol. The van der Waals surface area contributed by atoms with Gasteiger partial charge in [-0.15, -0.1) is 0 Å². The summed E-state index contributed by atoms with van der Waals surface area (Å²) in [6, 6.07) is -0.736. The minimum Gasteiger partial charge on any atom is -0.461 e. The molecular formula is C62H111NO5. The zero-order chi connectivity index (χ0) is 49.5. The molecule has 0 aromatic carbocycles. The van der Waals surface area contributed by atoms with Gasteiger partial charge < -0.3 is 20.3 Å². The Bertz CT molecular complexity index is 1250. The zero-order valence-electron chi connectivity index (χ0n) is 45.0. The SMILES string of the molecule is CCCCC/C=C\C/C=C\C/C=C\C/C=C\CC(CC(=O)NC(CO)C(O)CCCCCCCCCCCCCCCCCCC)OC(=O)CCCCCCCCC/C=C\C/C=C\CCCCC. The quantitative estimate of drug-likeness (QED) is 0.0321. The number of rotatable bonds is 52. The van der Waals surface area contributed by atoms with E-state index in [0.717, 1.165) is 70.6 Å². The zero-order valence-corrected chi connectivity index (χ0v) is 45.0. The van der Waals surface area contributed by atoms with E-state index in [1.807, 2.05) is 6.08 Å². The van der Waals surface area contributed by atoms with E-state index in [1.165, 1.54) is 167 Å². The van der Waals surface area contributed by atoms with Crippen LogP contribution in [0, 0.1) is 0 Å². The second-order valence-corrected chi connectivity index (χ2v) is 19.7. The molecule has 6 heteroatoms. The number of nitrogens with one attached hydrogen (secondary N) is 1. The topological polar surface area (TPSA) is 95.9 Å². The predicted octanol–water partition coefficient (Wildman–Crippen LogP) is 18.1. The molecule has 0 heterocycles. The molecule has 0 bridgehead atoms. The van der Waals surface area contributed by atoms with Crippen molar-refractivity contribution in [3.8, 4) is 0 Å². The summed E-state index contributed by atoms with van der Waals surface area (Å²) in [5.74, 6) is -0.580. The normalized spacial score (nSPS) is 13.7. The summed E-state index contributed by atoms with van der Waals surface area (Å²) in [5.41, 5.74) is 0. The molecule has 6 nitrogen and oxygen atoms in total. The van der Waals surface area contributed by atoms with Crippen LogP contribution in [0.4, 0.5) is 0 Å². The van der Waals surface area contributed by atoms with E-state index in [0.29, 0.717) is 19.3 Å². The highest BCUT2D eigenvalue weighted by atomic mass is 16.5. The van der Waals surface area contributed by atoms with Crippen molar-refractivity contribution < 1.29 is 24.5 Å². The van der Waals surface area contributed by atoms with Gasteiger partial charge in [-0.2, -0.15) is 0 Å². The third-order valence-corrected chi connectivity index (χ3v) is 13.0. The number of hydrogen-bond acceptors (Lipinski definition) is 5. The number of carbonyl (C=O) groups excluding carboxylic acids is 2. The molecule has 0 aliphatic heterocycles. The number of allylic oxidation sites excluding steroid dienone is 11. The molecule has 3 unspecified atom stereocenters. The Balaban J connectivity index is 4.65. The van der Waals surface area contributed by atoms with Gasteiger partial charge in [-0.25, -0.2) is 0 Å². The molecule has 68 heavy (non-hydrogen) atoms. The Kier molecular flexibility index (Phi) is 53.0. The number of amides is 1. The lowest BCUT2D eigenvalue weighted by molar-refractivity contribution is -0.150. The summed E-state index contributed by atoms with van der Waals surface area (Å²) in [7, 11) is 0. The highest BCUT2D eigenvalue weighted by Crippen LogP contribution is 2.17. The first-order chi connectivity index (χ1) is 33.5. The largest absolute Gasteiger partial charge is 0.461 e. The van der Waals surface area contributed by atoms with Gasteiger partial charge in [0.2, 0.25) is 5.91 Å². The van der Waals surface area contributed by atoms with Gasteiger partial charge in [0.25, 0.3) is 0 Å². The van der Waals surface area contributed by atoms with E-state index in [1.54, 1.807) is 0 Å². The number of unbranched alkanes of at least 4 members (excludes halogenated alkanes) is 29. The predicted molar refractivity (Wildman–Crippen MR) is 296 cm³/mol. The smallest absolute Gasteiger partial charge is 0.306 e. The first-order valence-corrected chi connectivity index (χ1v) is 29.2. The van der Waals surface area contributed by atoms with Crippen LogP contribution in [0.3, 0.4) is 0 Å². The Hall–Kier alpha value is -2.70. The van der Waals surface area contributed by atoms with Crippen LogP contribution >= 0.6 is 0 Å². The second kappa shape index (κ2) is 55.2. The van der Waals surface area contributed by atoms with Gasteiger partial charge in [-0.05, 0) is 77.0 Å². The third-order valence-electron chi connectivity index (χ3n) is 13.0. The van der Waals surface area contributed by atoms with Gasteiger partial charge >= 0.3 is 5.97 Å². The summed E-state index contributed by atoms with van der Waals surface area (Å²) in [4.78, 5) is 26.2. The maximum absolute atomic E-state index is 13.3. The fourth-order valence-electron chi connectivity index (χ4n) is 8.56. The third kappa shape index (κ3) is 49.7. The van der Waals surface area contributed by atoms with Crippen molar-refractivity contribution in [2.24, 2.45) is 0 Å². The maximum Gasteiger partial charge on any atom is 0.306 e. The Morgan fingerprint density at radius 3 is 1.21 bits per heavy atom. The average Bonchev–Trinajstić information content (AvgIpc) is 3.33. The monoisotopic (exact) mass is 950 g/mol. The van der Waals surface area contributed by atoms with Gasteiger partial charge in [0.15, 0.2) is 0 Å². The van der Waals surface area contributed by atoms with Gasteiger partial charge in [0, 0.05) is 12.8 Å². The number of ether oxygens (including phenoxy) is 1. The first kappa shape index (κ1) is 65.3. The molecule has 0 saturated carbocycles. The molecule has 0 aromatic rings. The Labute approximate surface area is 421 Å². The molecule has 0 aromatic heterocycles. The lowest BCUT2D eigenvalue weighted by Crippen LogP contribution is -2.46. The summed E-state index contributed by atoms with van der Waals surface area (Å²) in [6.45, 7) is 6.43. The van der Waals surface area contributed by atoms with E-state index in [9.17, 15) is 19.8 Å². The standard InChI is InChI=1S/C62H111NO5/c1-4-7-10-13-16-19-22-25-28-30-33-36-39-42-45-48-51-54-60(65)59(57-64)63-61(66)56-58(53-50-47-44-41-38-35-32-27-24-21-18-15-12-9-6-3)68-62(67)55-52-49-46-43-40-37-34-31-29-26-23-20-17-14-11-8-5-2/h17-18,20-21,26-27,29,32,38,41,47,50,58-60,64-65H,4-16,19,22-25,28,30-31,33-37,39-40,42-46,48-49,51-57H2,1-3H3,(H,63,66)/b20-17-,21-18-,29-26-,32-27-,41-38-,50-47-. The van der Waals surface area contributed by atoms with Crippen molar-refractivity contribution in [1.29, 1.82) is 0 Å². The van der Waals surface area contributed by atoms with Crippen LogP contribution < -0.4 is 5.32 Å². The van der Waals surface area contributed by atoms with E-state index >= 15 is 0 Å². The lowest BCUT2D eigenvalue weighted by Gasteiger charge is -2.24. The molecule has 1 amide bonds. The summed E-state index contributed by atoms with van der Waals surface area (Å²) in [6.07, 6.45) is 71.2. The minimum atomic E-state index is -0.816. The molecule has 3 atom stereocenters. The van der Waals surface area contributed by atoms with Crippen molar-refractivity contribution in [1.82, 2.24) is 5.32 Å². The number of esters is 1. The summed E-state index contributed by atoms with van der Waals surface area (Å²) >= 11 is 0. The molecule has 0 aliphatic carbocycles. The molecule has 3 N–H and O–H groups in total. The van der Waals surface area contributed by atoms with Crippen LogP contribution in [0.25, 0.3) is 0 Å². The van der Waals surface area contributed by atoms with Gasteiger partial charge in [-0.3, -0.25) is 9.59 Å². The van der Waals surface area contributed by atoms with Crippen LogP contribution in [0.15, 0.2) is 72.9 Å². The lowest BCUT2D eigenvalue weighted by atomic mass is 10.0. The molecule has 0 spiro atoms. The fourth-order valence-corrected chi connectivity index (χ4v) is 8.56. The second-order valence-electron chi connectivity index (χ2n) is 19.7. The van der Waals surface area contributed by atoms with Crippen LogP contribution in [0.1, 0.15) is 284 Å². The minimum absolute atomic E-state index is 0.00293. The Morgan fingerprint density at radius 2 is 0.779 bits per heavy atom. The van der Waals surface area contributed by atoms with Crippen LogP contribution in [0.2, 0.25) is 0 Å². The molecule has 0 aliphatic rings. The van der Waals surface area contributed by atoms with E-state index in [2.05, 4.69) is 92.9 Å². The number of aliphatic hydroxyl groups is 2. The van der Waals surface area contributed by atoms with Gasteiger partial charge in [-0.1, -0.05) is 261 Å². The molecule has 0 rings (SSSR count). The highest BCUT2D eigenvalue weighted by Gasteiger charge is 2.23. The summed E-state index contributed by atoms with van der Waals surface area (Å²) < 4.78 is 5.89. The van der Waals surface area contributed by atoms with Gasteiger partial charge in [0.1, 0.15) is 6.10 Å². The van der Waals surface area contributed by atoms with E-state index < -0.39 is 18.2 Å². The average molecular weight is 951 g/mol. The van der Waals surface area contributed by atoms with E-state index in [4.69, 9.17) is 4.74 Å². The number of aliphatic hydroxyl groups excluding tert-OH is 2. The Morgan fingerprint density at radius 1 is 0.441 bits per heavy atom. The van der Waals surface area contributed by atoms with Crippen LogP contribution in [0.5, 0.6) is 0 Å². The molecule has 0 radical (unpaired) electrons. The van der Waals surface area contributed by atoms with Crippen molar-refractivity contribution in [2.45, 2.75) is 302 Å². The highest BCUT2D eigenvalue weighted by molar-refractivity contribution is 5.77. The first-order valence-electron chi connectivity index (χ1n) is 29.2. The number of hydrogen-bond donors (Lipinski definition) is 3. The fraction of sp³-hybridized carbons (Fsp3) is 0.774. The molecule has 394 valence electrons. The molecule has 0 fully saturated rings. The van der Waals surface area contributed by atoms with Gasteiger partial charge in [0.05, 0.1) is 25.2 Å². The van der Waals surface area contributed by atoms with Crippen molar-refractivity contribution in [3.63, 3.8) is 0 Å². The maximum atomic E-state index is 13.3. The van der Waals surface area contributed by atoms with Crippen LogP contribution in [-0.2, 0) is 14.3 Å². The van der Waals surface area contributed by atoms with Crippen molar-refractivity contribution in [3.05, 3.63) is 72.9 Å². The van der Waals surface area contributed by atoms with Crippen molar-refractivity contribution >= 4 is 11.9 Å². The van der Waals surface area contributed by atoms with Crippen molar-refractivity contribution in [2.75, 3.05) is 6.61 Å². The van der Waals surface area contributed by atoms with Crippen LogP contribution in [-0.4, -0.2) is 46.9 Å². The number of carbonyl (C=O) groups is 2. The summed E-state index contributed by atoms with van der Waals surface area (Å²) in [5, 5.41) is 23.9. The van der Waals surface area contributed by atoms with E-state index in [-0.39, 0.29) is 24.9 Å². The molecule has 0 saturated heterocycles.